The van der Waals surface area contributed by atoms with E-state index in [1.54, 1.807) is 0 Å². The molecular formula is C13H16ClN3O. The summed E-state index contributed by atoms with van der Waals surface area (Å²) in [7, 11) is 0. The Labute approximate surface area is 111 Å². The SMILES string of the molecule is O=C(NCc1ccc(Cl)cc1)N1C2CNCC1C2. The summed E-state index contributed by atoms with van der Waals surface area (Å²) in [6.45, 7) is 2.40. The van der Waals surface area contributed by atoms with Gasteiger partial charge in [-0.15, -0.1) is 0 Å². The van der Waals surface area contributed by atoms with Gasteiger partial charge in [-0.2, -0.15) is 0 Å². The third-order valence-corrected chi connectivity index (χ3v) is 3.93. The predicted octanol–water partition coefficient (Wildman–Crippen LogP) is 1.60. The monoisotopic (exact) mass is 265 g/mol. The van der Waals surface area contributed by atoms with E-state index in [0.29, 0.717) is 23.7 Å². The summed E-state index contributed by atoms with van der Waals surface area (Å²) in [5.41, 5.74) is 1.07. The summed E-state index contributed by atoms with van der Waals surface area (Å²) in [6.07, 6.45) is 1.14. The number of hydrogen-bond acceptors (Lipinski definition) is 2. The zero-order valence-corrected chi connectivity index (χ0v) is 10.8. The Morgan fingerprint density at radius 3 is 2.61 bits per heavy atom. The number of piperidine rings is 1. The number of carbonyl (C=O) groups is 1. The highest BCUT2D eigenvalue weighted by atomic mass is 35.5. The Morgan fingerprint density at radius 2 is 2.00 bits per heavy atom. The molecule has 2 unspecified atom stereocenters. The normalized spacial score (nSPS) is 25.5. The Bertz CT molecular complexity index is 434. The third-order valence-electron chi connectivity index (χ3n) is 3.68. The van der Waals surface area contributed by atoms with Crippen molar-refractivity contribution in [1.29, 1.82) is 0 Å². The number of nitrogens with zero attached hydrogens (tertiary/aromatic N) is 1. The summed E-state index contributed by atoms with van der Waals surface area (Å²) in [4.78, 5) is 14.0. The van der Waals surface area contributed by atoms with E-state index in [4.69, 9.17) is 11.6 Å². The lowest BCUT2D eigenvalue weighted by Gasteiger charge is -2.52. The fourth-order valence-corrected chi connectivity index (χ4v) is 2.81. The van der Waals surface area contributed by atoms with Crippen LogP contribution >= 0.6 is 11.6 Å². The highest BCUT2D eigenvalue weighted by Crippen LogP contribution is 2.28. The van der Waals surface area contributed by atoms with E-state index in [0.717, 1.165) is 25.1 Å². The lowest BCUT2D eigenvalue weighted by molar-refractivity contribution is 0.0243. The number of amides is 2. The van der Waals surface area contributed by atoms with Crippen LogP contribution < -0.4 is 10.6 Å². The number of urea groups is 1. The quantitative estimate of drug-likeness (QED) is 0.853. The third kappa shape index (κ3) is 2.18. The zero-order valence-electron chi connectivity index (χ0n) is 10.0. The number of halogens is 1. The van der Waals surface area contributed by atoms with Crippen molar-refractivity contribution in [3.05, 3.63) is 34.9 Å². The maximum absolute atomic E-state index is 12.0. The van der Waals surface area contributed by atoms with Gasteiger partial charge in [0.2, 0.25) is 0 Å². The number of piperazine rings is 1. The molecule has 5 heteroatoms. The number of hydrogen-bond donors (Lipinski definition) is 2. The van der Waals surface area contributed by atoms with Crippen LogP contribution in [0.5, 0.6) is 0 Å². The largest absolute Gasteiger partial charge is 0.334 e. The van der Waals surface area contributed by atoms with Crippen molar-refractivity contribution in [3.63, 3.8) is 0 Å². The van der Waals surface area contributed by atoms with Crippen molar-refractivity contribution in [2.45, 2.75) is 25.0 Å². The van der Waals surface area contributed by atoms with Gasteiger partial charge in [-0.05, 0) is 24.1 Å². The minimum Gasteiger partial charge on any atom is -0.334 e. The fraction of sp³-hybridized carbons (Fsp3) is 0.462. The first-order valence-corrected chi connectivity index (χ1v) is 6.63. The van der Waals surface area contributed by atoms with Crippen LogP contribution in [0.25, 0.3) is 0 Å². The van der Waals surface area contributed by atoms with E-state index in [2.05, 4.69) is 10.6 Å². The molecule has 0 radical (unpaired) electrons. The van der Waals surface area contributed by atoms with Crippen LogP contribution in [0.1, 0.15) is 12.0 Å². The van der Waals surface area contributed by atoms with E-state index < -0.39 is 0 Å². The molecule has 2 aliphatic heterocycles. The molecule has 0 spiro atoms. The smallest absolute Gasteiger partial charge is 0.318 e. The van der Waals surface area contributed by atoms with Crippen LogP contribution in [0.15, 0.2) is 24.3 Å². The molecule has 2 amide bonds. The van der Waals surface area contributed by atoms with Gasteiger partial charge in [0.25, 0.3) is 0 Å². The Morgan fingerprint density at radius 1 is 1.33 bits per heavy atom. The predicted molar refractivity (Wildman–Crippen MR) is 70.6 cm³/mol. The Balaban J connectivity index is 1.54. The molecular weight excluding hydrogens is 250 g/mol. The average Bonchev–Trinajstić information content (AvgIpc) is 2.39. The number of fused-ring (bicyclic) bond motifs is 2. The van der Waals surface area contributed by atoms with Gasteiger partial charge in [0.05, 0.1) is 0 Å². The van der Waals surface area contributed by atoms with Gasteiger partial charge >= 0.3 is 6.03 Å². The molecule has 1 aromatic rings. The second-order valence-corrected chi connectivity index (χ2v) is 5.33. The highest BCUT2D eigenvalue weighted by Gasteiger charge is 2.44. The molecule has 2 heterocycles. The number of benzene rings is 1. The van der Waals surface area contributed by atoms with Crippen molar-refractivity contribution < 1.29 is 4.79 Å². The minimum atomic E-state index is 0.0488. The topological polar surface area (TPSA) is 44.4 Å². The van der Waals surface area contributed by atoms with Gasteiger partial charge in [0, 0.05) is 36.7 Å². The molecule has 3 rings (SSSR count). The Hall–Kier alpha value is -1.26. The molecule has 0 aliphatic carbocycles. The maximum atomic E-state index is 12.0. The van der Waals surface area contributed by atoms with E-state index in [1.165, 1.54) is 0 Å². The molecule has 2 aliphatic rings. The zero-order chi connectivity index (χ0) is 12.5. The standard InChI is InChI=1S/C13H16ClN3O/c14-10-3-1-9(2-4-10)6-16-13(18)17-11-5-12(17)8-15-7-11/h1-4,11-12,15H,5-8H2,(H,16,18). The fourth-order valence-electron chi connectivity index (χ4n) is 2.68. The van der Waals surface area contributed by atoms with Crippen LogP contribution in [0.4, 0.5) is 4.79 Å². The van der Waals surface area contributed by atoms with Gasteiger partial charge in [0.1, 0.15) is 0 Å². The molecule has 1 aromatic carbocycles. The van der Waals surface area contributed by atoms with Crippen molar-refractivity contribution in [2.75, 3.05) is 13.1 Å². The van der Waals surface area contributed by atoms with Gasteiger partial charge in [-0.3, -0.25) is 0 Å². The molecule has 96 valence electrons. The number of rotatable bonds is 2. The second kappa shape index (κ2) is 4.78. The van der Waals surface area contributed by atoms with Crippen molar-refractivity contribution in [1.82, 2.24) is 15.5 Å². The highest BCUT2D eigenvalue weighted by molar-refractivity contribution is 6.30. The molecule has 2 atom stereocenters. The lowest BCUT2D eigenvalue weighted by atomic mass is 9.89. The summed E-state index contributed by atoms with van der Waals surface area (Å²) >= 11 is 5.82. The Kier molecular flexibility index (Phi) is 3.14. The van der Waals surface area contributed by atoms with Gasteiger partial charge < -0.3 is 15.5 Å². The van der Waals surface area contributed by atoms with Gasteiger partial charge in [-0.1, -0.05) is 23.7 Å². The van der Waals surface area contributed by atoms with Gasteiger partial charge in [0.15, 0.2) is 0 Å². The van der Waals surface area contributed by atoms with Crippen LogP contribution in [0.2, 0.25) is 5.02 Å². The first kappa shape index (κ1) is 11.8. The number of nitrogens with one attached hydrogen (secondary N) is 2. The molecule has 2 N–H and O–H groups in total. The van der Waals surface area contributed by atoms with Crippen LogP contribution in [0.3, 0.4) is 0 Å². The summed E-state index contributed by atoms with van der Waals surface area (Å²) < 4.78 is 0. The van der Waals surface area contributed by atoms with E-state index >= 15 is 0 Å². The summed E-state index contributed by atoms with van der Waals surface area (Å²) in [5.74, 6) is 0. The molecule has 2 fully saturated rings. The maximum Gasteiger partial charge on any atom is 0.318 e. The minimum absolute atomic E-state index is 0.0488. The van der Waals surface area contributed by atoms with Crippen molar-refractivity contribution in [3.8, 4) is 0 Å². The average molecular weight is 266 g/mol. The molecule has 2 saturated heterocycles. The molecule has 0 aromatic heterocycles. The van der Waals surface area contributed by atoms with Crippen LogP contribution in [-0.2, 0) is 6.54 Å². The first-order valence-electron chi connectivity index (χ1n) is 6.25. The number of carbonyl (C=O) groups excluding carboxylic acids is 1. The van der Waals surface area contributed by atoms with Crippen molar-refractivity contribution >= 4 is 17.6 Å². The van der Waals surface area contributed by atoms with Crippen molar-refractivity contribution in [2.24, 2.45) is 0 Å². The van der Waals surface area contributed by atoms with E-state index in [1.807, 2.05) is 29.2 Å². The second-order valence-electron chi connectivity index (χ2n) is 4.89. The van der Waals surface area contributed by atoms with Crippen LogP contribution in [-0.4, -0.2) is 36.1 Å². The van der Waals surface area contributed by atoms with Crippen LogP contribution in [0, 0.1) is 0 Å². The summed E-state index contributed by atoms with van der Waals surface area (Å²) in [5, 5.41) is 6.99. The molecule has 0 saturated carbocycles. The first-order chi connectivity index (χ1) is 8.74. The van der Waals surface area contributed by atoms with Gasteiger partial charge in [-0.25, -0.2) is 4.79 Å². The molecule has 2 bridgehead atoms. The lowest BCUT2D eigenvalue weighted by Crippen LogP contribution is -2.70. The molecule has 18 heavy (non-hydrogen) atoms. The van der Waals surface area contributed by atoms with E-state index in [9.17, 15) is 4.79 Å². The molecule has 4 nitrogen and oxygen atoms in total. The van der Waals surface area contributed by atoms with E-state index in [-0.39, 0.29) is 6.03 Å². The summed E-state index contributed by atoms with van der Waals surface area (Å²) in [6, 6.07) is 8.36.